The van der Waals surface area contributed by atoms with E-state index in [1.54, 1.807) is 7.11 Å². The summed E-state index contributed by atoms with van der Waals surface area (Å²) in [5.41, 5.74) is 0. The SMILES string of the molecule is COCCCCCC(=O)OCCCCOC(=O)CCCCCOC(=O)CCCCCCCNC(=O)OCCOC(=O)CCCCCCCNC(C)=O. The molecule has 0 aliphatic carbocycles. The largest absolute Gasteiger partial charge is 0.466 e. The number of carbonyl (C=O) groups is 6. The van der Waals surface area contributed by atoms with Crippen molar-refractivity contribution >= 4 is 35.9 Å². The van der Waals surface area contributed by atoms with E-state index in [0.29, 0.717) is 90.9 Å². The number of amides is 2. The predicted molar refractivity (Wildman–Crippen MR) is 195 cm³/mol. The summed E-state index contributed by atoms with van der Waals surface area (Å²) in [5.74, 6) is -0.975. The zero-order chi connectivity index (χ0) is 38.3. The number of rotatable bonds is 36. The van der Waals surface area contributed by atoms with Crippen LogP contribution in [0.3, 0.4) is 0 Å². The second kappa shape index (κ2) is 37.3. The molecule has 0 radical (unpaired) electrons. The van der Waals surface area contributed by atoms with E-state index in [-0.39, 0.29) is 43.0 Å². The van der Waals surface area contributed by atoms with Gasteiger partial charge in [0, 0.05) is 59.4 Å². The molecule has 0 saturated heterocycles. The van der Waals surface area contributed by atoms with E-state index in [1.807, 2.05) is 0 Å². The Hall–Kier alpha value is -3.42. The Kier molecular flexibility index (Phi) is 34.9. The second-order valence-electron chi connectivity index (χ2n) is 12.8. The number of nitrogens with one attached hydrogen (secondary N) is 2. The van der Waals surface area contributed by atoms with Crippen LogP contribution < -0.4 is 10.6 Å². The second-order valence-corrected chi connectivity index (χ2v) is 12.8. The van der Waals surface area contributed by atoms with Gasteiger partial charge in [-0.25, -0.2) is 4.79 Å². The van der Waals surface area contributed by atoms with E-state index in [9.17, 15) is 28.8 Å². The predicted octanol–water partition coefficient (Wildman–Crippen LogP) is 6.25. The number of alkyl carbamates (subject to hydrolysis) is 1. The van der Waals surface area contributed by atoms with Gasteiger partial charge in [-0.15, -0.1) is 0 Å². The molecule has 0 saturated carbocycles. The van der Waals surface area contributed by atoms with Crippen molar-refractivity contribution in [3.8, 4) is 0 Å². The quantitative estimate of drug-likeness (QED) is 0.0419. The van der Waals surface area contributed by atoms with E-state index < -0.39 is 6.09 Å². The molecule has 52 heavy (non-hydrogen) atoms. The van der Waals surface area contributed by atoms with Crippen LogP contribution in [0, 0.1) is 0 Å². The van der Waals surface area contributed by atoms with Crippen molar-refractivity contribution in [1.82, 2.24) is 10.6 Å². The normalized spacial score (nSPS) is 10.7. The summed E-state index contributed by atoms with van der Waals surface area (Å²) in [6.07, 6.45) is 15.9. The number of hydrogen-bond acceptors (Lipinski definition) is 12. The lowest BCUT2D eigenvalue weighted by Gasteiger charge is -2.08. The Morgan fingerprint density at radius 2 is 0.692 bits per heavy atom. The third-order valence-electron chi connectivity index (χ3n) is 7.92. The lowest BCUT2D eigenvalue weighted by atomic mass is 10.1. The van der Waals surface area contributed by atoms with Crippen molar-refractivity contribution in [2.24, 2.45) is 0 Å². The molecule has 0 aliphatic heterocycles. The third-order valence-corrected chi connectivity index (χ3v) is 7.92. The van der Waals surface area contributed by atoms with Crippen LogP contribution in [0.5, 0.6) is 0 Å². The van der Waals surface area contributed by atoms with Crippen molar-refractivity contribution in [2.45, 2.75) is 148 Å². The molecule has 302 valence electrons. The van der Waals surface area contributed by atoms with Gasteiger partial charge in [0.05, 0.1) is 19.8 Å². The Labute approximate surface area is 311 Å². The van der Waals surface area contributed by atoms with Crippen molar-refractivity contribution < 1.29 is 57.2 Å². The highest BCUT2D eigenvalue weighted by molar-refractivity contribution is 5.72. The average Bonchev–Trinajstić information content (AvgIpc) is 3.11. The first-order valence-electron chi connectivity index (χ1n) is 19.5. The van der Waals surface area contributed by atoms with Crippen LogP contribution in [-0.2, 0) is 52.4 Å². The molecule has 0 fully saturated rings. The highest BCUT2D eigenvalue weighted by Gasteiger charge is 2.08. The summed E-state index contributed by atoms with van der Waals surface area (Å²) < 4.78 is 30.8. The Bertz CT molecular complexity index is 947. The maximum absolute atomic E-state index is 11.9. The van der Waals surface area contributed by atoms with Crippen LogP contribution in [0.2, 0.25) is 0 Å². The fourth-order valence-electron chi connectivity index (χ4n) is 4.94. The van der Waals surface area contributed by atoms with Gasteiger partial charge in [0.15, 0.2) is 0 Å². The van der Waals surface area contributed by atoms with Crippen LogP contribution in [-0.4, -0.2) is 95.7 Å². The van der Waals surface area contributed by atoms with Crippen molar-refractivity contribution in [3.63, 3.8) is 0 Å². The molecule has 14 heteroatoms. The molecule has 0 aromatic heterocycles. The Balaban J connectivity index is 3.43. The first kappa shape index (κ1) is 48.6. The molecule has 0 bridgehead atoms. The van der Waals surface area contributed by atoms with E-state index in [1.165, 1.54) is 6.92 Å². The summed E-state index contributed by atoms with van der Waals surface area (Å²) in [6, 6.07) is 0. The number of esters is 4. The first-order valence-corrected chi connectivity index (χ1v) is 19.5. The molecular weight excluding hydrogens is 676 g/mol. The summed E-state index contributed by atoms with van der Waals surface area (Å²) >= 11 is 0. The van der Waals surface area contributed by atoms with Crippen molar-refractivity contribution in [3.05, 3.63) is 0 Å². The monoisotopic (exact) mass is 744 g/mol. The third kappa shape index (κ3) is 37.8. The topological polar surface area (TPSA) is 182 Å². The minimum atomic E-state index is -0.540. The van der Waals surface area contributed by atoms with E-state index in [0.717, 1.165) is 89.9 Å². The van der Waals surface area contributed by atoms with Gasteiger partial charge in [0.25, 0.3) is 0 Å². The number of carbonyl (C=O) groups excluding carboxylic acids is 6. The fourth-order valence-corrected chi connectivity index (χ4v) is 4.94. The van der Waals surface area contributed by atoms with Gasteiger partial charge in [-0.2, -0.15) is 0 Å². The standard InChI is InChI=1S/C38H68N2O12/c1-33(41)39-25-15-7-3-5-12-22-37(45)51-31-32-52-38(46)40-26-16-8-4-6-11-21-34(42)48-28-18-10-14-24-36(44)50-30-20-19-29-49-35(43)23-13-9-17-27-47-2/h3-32H2,1-2H3,(H,39,41)(H,40,46). The summed E-state index contributed by atoms with van der Waals surface area (Å²) in [4.78, 5) is 69.8. The van der Waals surface area contributed by atoms with Crippen LogP contribution in [0.4, 0.5) is 4.79 Å². The molecule has 0 aromatic rings. The van der Waals surface area contributed by atoms with Crippen LogP contribution >= 0.6 is 0 Å². The van der Waals surface area contributed by atoms with Crippen molar-refractivity contribution in [2.75, 3.05) is 59.8 Å². The zero-order valence-corrected chi connectivity index (χ0v) is 32.1. The summed E-state index contributed by atoms with van der Waals surface area (Å²) in [7, 11) is 1.66. The van der Waals surface area contributed by atoms with Gasteiger partial charge in [0.2, 0.25) is 5.91 Å². The van der Waals surface area contributed by atoms with Gasteiger partial charge in [-0.1, -0.05) is 44.9 Å². The summed E-state index contributed by atoms with van der Waals surface area (Å²) in [6.45, 7) is 4.40. The molecule has 0 spiro atoms. The van der Waals surface area contributed by atoms with Gasteiger partial charge in [0.1, 0.15) is 13.2 Å². The molecule has 2 amide bonds. The highest BCUT2D eigenvalue weighted by atomic mass is 16.6. The molecule has 2 N–H and O–H groups in total. The molecule has 0 aromatic carbocycles. The van der Waals surface area contributed by atoms with Gasteiger partial charge in [-0.05, 0) is 70.6 Å². The minimum Gasteiger partial charge on any atom is -0.466 e. The van der Waals surface area contributed by atoms with Crippen LogP contribution in [0.1, 0.15) is 148 Å². The smallest absolute Gasteiger partial charge is 0.407 e. The van der Waals surface area contributed by atoms with Gasteiger partial charge < -0.3 is 39.1 Å². The maximum atomic E-state index is 11.9. The highest BCUT2D eigenvalue weighted by Crippen LogP contribution is 2.09. The minimum absolute atomic E-state index is 0.00590. The van der Waals surface area contributed by atoms with E-state index in [4.69, 9.17) is 28.4 Å². The fraction of sp³-hybridized carbons (Fsp3) is 0.842. The number of ether oxygens (including phenoxy) is 6. The zero-order valence-electron chi connectivity index (χ0n) is 32.1. The number of unbranched alkanes of at least 4 members (excludes halogenated alkanes) is 13. The van der Waals surface area contributed by atoms with E-state index in [2.05, 4.69) is 10.6 Å². The molecular formula is C38H68N2O12. The lowest BCUT2D eigenvalue weighted by Crippen LogP contribution is -2.26. The maximum Gasteiger partial charge on any atom is 0.407 e. The van der Waals surface area contributed by atoms with E-state index >= 15 is 0 Å². The first-order chi connectivity index (χ1) is 25.2. The number of methoxy groups -OCH3 is 1. The molecule has 14 nitrogen and oxygen atoms in total. The Morgan fingerprint density at radius 1 is 0.365 bits per heavy atom. The van der Waals surface area contributed by atoms with Crippen molar-refractivity contribution in [1.29, 1.82) is 0 Å². The Morgan fingerprint density at radius 3 is 1.13 bits per heavy atom. The van der Waals surface area contributed by atoms with Gasteiger partial charge >= 0.3 is 30.0 Å². The average molecular weight is 745 g/mol. The summed E-state index contributed by atoms with van der Waals surface area (Å²) in [5, 5.41) is 5.44. The lowest BCUT2D eigenvalue weighted by molar-refractivity contribution is -0.146. The molecule has 0 atom stereocenters. The molecule has 0 aliphatic rings. The molecule has 0 heterocycles. The van der Waals surface area contributed by atoms with Crippen LogP contribution in [0.25, 0.3) is 0 Å². The molecule has 0 unspecified atom stereocenters. The number of hydrogen-bond donors (Lipinski definition) is 2. The van der Waals surface area contributed by atoms with Crippen LogP contribution in [0.15, 0.2) is 0 Å². The molecule has 0 rings (SSSR count). The van der Waals surface area contributed by atoms with Gasteiger partial charge in [-0.3, -0.25) is 24.0 Å².